The third-order valence-electron chi connectivity index (χ3n) is 5.37. The van der Waals surface area contributed by atoms with Crippen molar-refractivity contribution in [2.75, 3.05) is 24.5 Å². The predicted molar refractivity (Wildman–Crippen MR) is 111 cm³/mol. The molecule has 1 fully saturated rings. The first-order valence-electron chi connectivity index (χ1n) is 9.71. The molecule has 0 spiro atoms. The molecule has 2 aromatic carbocycles. The summed E-state index contributed by atoms with van der Waals surface area (Å²) in [4.78, 5) is 30.0. The number of hydrogen-bond donors (Lipinski definition) is 0. The molecule has 1 aliphatic heterocycles. The number of amides is 1. The van der Waals surface area contributed by atoms with Gasteiger partial charge in [0.2, 0.25) is 0 Å². The molecule has 6 nitrogen and oxygen atoms in total. The Balaban J connectivity index is 1.64. The van der Waals surface area contributed by atoms with Crippen LogP contribution in [0.15, 0.2) is 59.4 Å². The van der Waals surface area contributed by atoms with Crippen LogP contribution in [0.1, 0.15) is 24.3 Å². The van der Waals surface area contributed by atoms with Gasteiger partial charge in [0, 0.05) is 43.3 Å². The molecule has 0 saturated carbocycles. The molecule has 0 radical (unpaired) electrons. The van der Waals surface area contributed by atoms with E-state index in [-0.39, 0.29) is 17.5 Å². The fourth-order valence-corrected chi connectivity index (χ4v) is 3.90. The van der Waals surface area contributed by atoms with Crippen molar-refractivity contribution >= 4 is 22.4 Å². The van der Waals surface area contributed by atoms with Crippen molar-refractivity contribution in [1.29, 1.82) is 0 Å². The van der Waals surface area contributed by atoms with Crippen molar-refractivity contribution in [1.82, 2.24) is 14.7 Å². The van der Waals surface area contributed by atoms with Crippen LogP contribution in [0.25, 0.3) is 10.8 Å². The number of carbonyl (C=O) groups excluding carboxylic acids is 1. The lowest BCUT2D eigenvalue weighted by atomic mass is 10.1. The standard InChI is InChI=1S/C22H24N4O2/c1-3-26-21(27)19-12-8-7-11-18(19)20(23-26)22(28)24-13-14-25(16(2)15-24)17-9-5-4-6-10-17/h4-12,16H,3,13-15H2,1-2H3/t16-/m1/s1. The number of carbonyl (C=O) groups is 1. The van der Waals surface area contributed by atoms with Gasteiger partial charge in [0.05, 0.1) is 5.39 Å². The molecule has 0 unspecified atom stereocenters. The van der Waals surface area contributed by atoms with Crippen molar-refractivity contribution in [3.63, 3.8) is 0 Å². The van der Waals surface area contributed by atoms with Gasteiger partial charge < -0.3 is 9.80 Å². The second-order valence-electron chi connectivity index (χ2n) is 7.14. The van der Waals surface area contributed by atoms with Crippen LogP contribution in [0.5, 0.6) is 0 Å². The number of fused-ring (bicyclic) bond motifs is 1. The van der Waals surface area contributed by atoms with E-state index in [0.717, 1.165) is 6.54 Å². The molecule has 0 N–H and O–H groups in total. The number of aryl methyl sites for hydroxylation is 1. The lowest BCUT2D eigenvalue weighted by molar-refractivity contribution is 0.0720. The SMILES string of the molecule is CCn1nc(C(=O)N2CCN(c3ccccc3)[C@H](C)C2)c2ccccc2c1=O. The van der Waals surface area contributed by atoms with E-state index in [9.17, 15) is 9.59 Å². The maximum atomic E-state index is 13.3. The van der Waals surface area contributed by atoms with Crippen molar-refractivity contribution in [2.45, 2.75) is 26.4 Å². The van der Waals surface area contributed by atoms with E-state index in [1.54, 1.807) is 12.1 Å². The van der Waals surface area contributed by atoms with Crippen molar-refractivity contribution < 1.29 is 4.79 Å². The minimum atomic E-state index is -0.156. The van der Waals surface area contributed by atoms with Gasteiger partial charge in [0.25, 0.3) is 11.5 Å². The number of aromatic nitrogens is 2. The van der Waals surface area contributed by atoms with E-state index in [2.05, 4.69) is 29.1 Å². The molecule has 1 aromatic heterocycles. The van der Waals surface area contributed by atoms with Gasteiger partial charge in [0.15, 0.2) is 5.69 Å². The van der Waals surface area contributed by atoms with Crippen LogP contribution in [-0.4, -0.2) is 46.3 Å². The molecular weight excluding hydrogens is 352 g/mol. The van der Waals surface area contributed by atoms with Gasteiger partial charge in [-0.3, -0.25) is 9.59 Å². The van der Waals surface area contributed by atoms with Crippen LogP contribution < -0.4 is 10.5 Å². The minimum absolute atomic E-state index is 0.113. The molecule has 28 heavy (non-hydrogen) atoms. The van der Waals surface area contributed by atoms with Gasteiger partial charge in [-0.15, -0.1) is 0 Å². The third-order valence-corrected chi connectivity index (χ3v) is 5.37. The Morgan fingerprint density at radius 2 is 1.71 bits per heavy atom. The summed E-state index contributed by atoms with van der Waals surface area (Å²) < 4.78 is 1.37. The highest BCUT2D eigenvalue weighted by Crippen LogP contribution is 2.22. The summed E-state index contributed by atoms with van der Waals surface area (Å²) in [6.07, 6.45) is 0. The quantitative estimate of drug-likeness (QED) is 0.705. The molecule has 0 aliphatic carbocycles. The highest BCUT2D eigenvalue weighted by Gasteiger charge is 2.29. The van der Waals surface area contributed by atoms with Crippen LogP contribution in [-0.2, 0) is 6.54 Å². The van der Waals surface area contributed by atoms with Crippen molar-refractivity contribution in [3.05, 3.63) is 70.6 Å². The minimum Gasteiger partial charge on any atom is -0.365 e. The van der Waals surface area contributed by atoms with Crippen molar-refractivity contribution in [3.8, 4) is 0 Å². The third kappa shape index (κ3) is 3.15. The zero-order valence-electron chi connectivity index (χ0n) is 16.2. The lowest BCUT2D eigenvalue weighted by Gasteiger charge is -2.41. The van der Waals surface area contributed by atoms with Gasteiger partial charge in [-0.25, -0.2) is 4.68 Å². The van der Waals surface area contributed by atoms with Gasteiger partial charge in [-0.05, 0) is 32.0 Å². The maximum Gasteiger partial charge on any atom is 0.275 e. The first-order valence-corrected chi connectivity index (χ1v) is 9.71. The van der Waals surface area contributed by atoms with E-state index in [1.807, 2.05) is 42.2 Å². The first-order chi connectivity index (χ1) is 13.6. The Morgan fingerprint density at radius 3 is 2.39 bits per heavy atom. The van der Waals surface area contributed by atoms with E-state index in [1.165, 1.54) is 10.4 Å². The molecule has 1 amide bonds. The highest BCUT2D eigenvalue weighted by molar-refractivity contribution is 6.04. The molecular formula is C22H24N4O2. The van der Waals surface area contributed by atoms with Gasteiger partial charge in [-0.2, -0.15) is 5.10 Å². The number of para-hydroxylation sites is 1. The van der Waals surface area contributed by atoms with Crippen LogP contribution in [0.2, 0.25) is 0 Å². The molecule has 0 bridgehead atoms. The fourth-order valence-electron chi connectivity index (χ4n) is 3.90. The van der Waals surface area contributed by atoms with Crippen LogP contribution in [0.3, 0.4) is 0 Å². The predicted octanol–water partition coefficient (Wildman–Crippen LogP) is 2.77. The monoisotopic (exact) mass is 376 g/mol. The molecule has 1 aliphatic rings. The zero-order chi connectivity index (χ0) is 19.7. The van der Waals surface area contributed by atoms with Gasteiger partial charge in [-0.1, -0.05) is 36.4 Å². The average Bonchev–Trinajstić information content (AvgIpc) is 2.74. The van der Waals surface area contributed by atoms with E-state index >= 15 is 0 Å². The maximum absolute atomic E-state index is 13.3. The fraction of sp³-hybridized carbons (Fsp3) is 0.318. The molecule has 6 heteroatoms. The second-order valence-corrected chi connectivity index (χ2v) is 7.14. The Labute approximate surface area is 164 Å². The summed E-state index contributed by atoms with van der Waals surface area (Å²) in [5, 5.41) is 5.56. The van der Waals surface area contributed by atoms with Crippen molar-refractivity contribution in [2.24, 2.45) is 0 Å². The Morgan fingerprint density at radius 1 is 1.04 bits per heavy atom. The summed E-state index contributed by atoms with van der Waals surface area (Å²) in [6, 6.07) is 17.7. The van der Waals surface area contributed by atoms with Crippen LogP contribution in [0.4, 0.5) is 5.69 Å². The van der Waals surface area contributed by atoms with E-state index < -0.39 is 0 Å². The van der Waals surface area contributed by atoms with Gasteiger partial charge in [0.1, 0.15) is 0 Å². The first kappa shape index (κ1) is 18.2. The molecule has 1 atom stereocenters. The summed E-state index contributed by atoms with van der Waals surface area (Å²) in [6.45, 7) is 6.43. The Kier molecular flexibility index (Phi) is 4.86. The van der Waals surface area contributed by atoms with E-state index in [4.69, 9.17) is 0 Å². The molecule has 144 valence electrons. The summed E-state index contributed by atoms with van der Waals surface area (Å²) in [5.41, 5.74) is 1.37. The lowest BCUT2D eigenvalue weighted by Crippen LogP contribution is -2.54. The highest BCUT2D eigenvalue weighted by atomic mass is 16.2. The number of piperazine rings is 1. The Hall–Kier alpha value is -3.15. The van der Waals surface area contributed by atoms with Crippen LogP contribution in [0, 0.1) is 0 Å². The smallest absolute Gasteiger partial charge is 0.275 e. The number of benzene rings is 2. The van der Waals surface area contributed by atoms with E-state index in [0.29, 0.717) is 36.1 Å². The largest absolute Gasteiger partial charge is 0.365 e. The molecule has 3 aromatic rings. The molecule has 4 rings (SSSR count). The average molecular weight is 376 g/mol. The topological polar surface area (TPSA) is 58.4 Å². The second kappa shape index (κ2) is 7.46. The number of rotatable bonds is 3. The molecule has 1 saturated heterocycles. The summed E-state index contributed by atoms with van der Waals surface area (Å²) in [5.74, 6) is -0.113. The Bertz CT molecular complexity index is 1060. The van der Waals surface area contributed by atoms with Gasteiger partial charge >= 0.3 is 0 Å². The number of hydrogen-bond acceptors (Lipinski definition) is 4. The normalized spacial score (nSPS) is 17.1. The summed E-state index contributed by atoms with van der Waals surface area (Å²) in [7, 11) is 0. The number of anilines is 1. The zero-order valence-corrected chi connectivity index (χ0v) is 16.2. The van der Waals surface area contributed by atoms with Crippen LogP contribution >= 0.6 is 0 Å². The number of nitrogens with zero attached hydrogens (tertiary/aromatic N) is 4. The molecule has 2 heterocycles. The summed E-state index contributed by atoms with van der Waals surface area (Å²) >= 11 is 0.